The second kappa shape index (κ2) is 8.52. The van der Waals surface area contributed by atoms with Crippen molar-refractivity contribution in [2.24, 2.45) is 0 Å². The van der Waals surface area contributed by atoms with Crippen LogP contribution in [0.1, 0.15) is 37.7 Å². The Morgan fingerprint density at radius 1 is 1.07 bits per heavy atom. The number of benzene rings is 2. The minimum Gasteiger partial charge on any atom is -0.360 e. The molecular formula is C20H15F3N2O3S. The highest BCUT2D eigenvalue weighted by molar-refractivity contribution is 8.13. The van der Waals surface area contributed by atoms with E-state index in [0.29, 0.717) is 5.75 Å². The minimum absolute atomic E-state index is 0.0459. The molecule has 3 rings (SSSR count). The van der Waals surface area contributed by atoms with Crippen LogP contribution in [0.5, 0.6) is 0 Å². The van der Waals surface area contributed by atoms with E-state index >= 15 is 0 Å². The highest BCUT2D eigenvalue weighted by Gasteiger charge is 2.30. The molecule has 0 spiro atoms. The number of hydrogen-bond acceptors (Lipinski definition) is 5. The molecule has 0 saturated carbocycles. The Morgan fingerprint density at radius 2 is 1.72 bits per heavy atom. The average molecular weight is 420 g/mol. The number of halogens is 3. The minimum atomic E-state index is -4.47. The summed E-state index contributed by atoms with van der Waals surface area (Å²) < 4.78 is 42.9. The monoisotopic (exact) mass is 420 g/mol. The Kier molecular flexibility index (Phi) is 6.07. The number of rotatable bonds is 5. The predicted octanol–water partition coefficient (Wildman–Crippen LogP) is 5.33. The van der Waals surface area contributed by atoms with Gasteiger partial charge in [-0.2, -0.15) is 13.2 Å². The summed E-state index contributed by atoms with van der Waals surface area (Å²) in [7, 11) is 0. The van der Waals surface area contributed by atoms with Crippen molar-refractivity contribution in [3.8, 4) is 0 Å². The quantitative estimate of drug-likeness (QED) is 0.604. The van der Waals surface area contributed by atoms with E-state index in [1.807, 2.05) is 30.3 Å². The van der Waals surface area contributed by atoms with Gasteiger partial charge in [-0.15, -0.1) is 0 Å². The summed E-state index contributed by atoms with van der Waals surface area (Å²) >= 11 is 0.972. The summed E-state index contributed by atoms with van der Waals surface area (Å²) in [5, 5.41) is 5.71. The zero-order valence-corrected chi connectivity index (χ0v) is 15.9. The van der Waals surface area contributed by atoms with Gasteiger partial charge in [-0.25, -0.2) is 0 Å². The van der Waals surface area contributed by atoms with Gasteiger partial charge in [0.2, 0.25) is 5.12 Å². The molecule has 0 atom stereocenters. The lowest BCUT2D eigenvalue weighted by molar-refractivity contribution is -0.137. The van der Waals surface area contributed by atoms with E-state index in [2.05, 4.69) is 10.5 Å². The van der Waals surface area contributed by atoms with Crippen molar-refractivity contribution in [3.05, 3.63) is 82.7 Å². The Bertz CT molecular complexity index is 1020. The number of aryl methyl sites for hydroxylation is 1. The van der Waals surface area contributed by atoms with Crippen LogP contribution in [-0.4, -0.2) is 16.2 Å². The van der Waals surface area contributed by atoms with Crippen molar-refractivity contribution in [2.75, 3.05) is 5.32 Å². The normalized spacial score (nSPS) is 11.3. The molecule has 1 N–H and O–H groups in total. The highest BCUT2D eigenvalue weighted by atomic mass is 32.2. The zero-order chi connectivity index (χ0) is 21.0. The number of nitrogens with zero attached hydrogens (tertiary/aromatic N) is 1. The molecule has 0 aliphatic carbocycles. The van der Waals surface area contributed by atoms with Crippen LogP contribution < -0.4 is 5.32 Å². The molecule has 0 unspecified atom stereocenters. The van der Waals surface area contributed by atoms with Gasteiger partial charge in [-0.1, -0.05) is 47.3 Å². The van der Waals surface area contributed by atoms with Crippen molar-refractivity contribution in [2.45, 2.75) is 18.9 Å². The van der Waals surface area contributed by atoms with E-state index in [-0.39, 0.29) is 22.7 Å². The van der Waals surface area contributed by atoms with E-state index in [4.69, 9.17) is 4.52 Å². The van der Waals surface area contributed by atoms with Crippen LogP contribution in [0.3, 0.4) is 0 Å². The molecule has 0 aliphatic rings. The molecule has 9 heteroatoms. The predicted molar refractivity (Wildman–Crippen MR) is 103 cm³/mol. The fraction of sp³-hybridized carbons (Fsp3) is 0.150. The number of alkyl halides is 3. The highest BCUT2D eigenvalue weighted by Crippen LogP contribution is 2.30. The van der Waals surface area contributed by atoms with Crippen molar-refractivity contribution >= 4 is 28.5 Å². The first-order chi connectivity index (χ1) is 13.8. The van der Waals surface area contributed by atoms with Crippen LogP contribution >= 0.6 is 11.8 Å². The molecular weight excluding hydrogens is 405 g/mol. The fourth-order valence-corrected chi connectivity index (χ4v) is 3.27. The first-order valence-corrected chi connectivity index (χ1v) is 9.40. The molecule has 1 aromatic heterocycles. The molecule has 0 fully saturated rings. The van der Waals surface area contributed by atoms with Gasteiger partial charge in [0.15, 0.2) is 5.69 Å². The van der Waals surface area contributed by atoms with Crippen LogP contribution in [0.2, 0.25) is 0 Å². The van der Waals surface area contributed by atoms with E-state index in [1.165, 1.54) is 6.92 Å². The second-order valence-corrected chi connectivity index (χ2v) is 7.00. The topological polar surface area (TPSA) is 72.2 Å². The standard InChI is InChI=1S/C20H15F3N2O3S/c1-12-16(18(26)24-15-9-7-14(8-10-15)20(21,22)23)17(25-28-12)19(27)29-11-13-5-3-2-4-6-13/h2-10H,11H2,1H3,(H,24,26). The second-order valence-electron chi connectivity index (χ2n) is 6.05. The van der Waals surface area contributed by atoms with Crippen LogP contribution in [-0.2, 0) is 11.9 Å². The average Bonchev–Trinajstić information content (AvgIpc) is 3.08. The smallest absolute Gasteiger partial charge is 0.360 e. The maximum Gasteiger partial charge on any atom is 0.416 e. The van der Waals surface area contributed by atoms with E-state index in [1.54, 1.807) is 0 Å². The number of aromatic nitrogens is 1. The van der Waals surface area contributed by atoms with Gasteiger partial charge in [0.1, 0.15) is 11.3 Å². The summed E-state index contributed by atoms with van der Waals surface area (Å²) in [6.07, 6.45) is -4.47. The SMILES string of the molecule is Cc1onc(C(=O)SCc2ccccc2)c1C(=O)Nc1ccc(C(F)(F)F)cc1. The Balaban J connectivity index is 1.72. The molecule has 3 aromatic rings. The third-order valence-corrected chi connectivity index (χ3v) is 4.90. The molecule has 0 saturated heterocycles. The van der Waals surface area contributed by atoms with E-state index < -0.39 is 22.8 Å². The number of carbonyl (C=O) groups excluding carboxylic acids is 2. The Labute approximate surface area is 168 Å². The number of anilines is 1. The molecule has 2 aromatic carbocycles. The zero-order valence-electron chi connectivity index (χ0n) is 15.1. The molecule has 0 bridgehead atoms. The first-order valence-electron chi connectivity index (χ1n) is 8.41. The number of amides is 1. The van der Waals surface area contributed by atoms with Crippen LogP contribution in [0.25, 0.3) is 0 Å². The van der Waals surface area contributed by atoms with Gasteiger partial charge < -0.3 is 9.84 Å². The van der Waals surface area contributed by atoms with Crippen LogP contribution in [0.15, 0.2) is 59.1 Å². The van der Waals surface area contributed by atoms with Gasteiger partial charge in [0, 0.05) is 11.4 Å². The number of carbonyl (C=O) groups is 2. The summed E-state index contributed by atoms with van der Waals surface area (Å²) in [5.41, 5.74) is 0.0777. The van der Waals surface area contributed by atoms with Gasteiger partial charge >= 0.3 is 6.18 Å². The van der Waals surface area contributed by atoms with Crippen molar-refractivity contribution < 1.29 is 27.3 Å². The summed E-state index contributed by atoms with van der Waals surface area (Å²) in [6, 6.07) is 13.3. The van der Waals surface area contributed by atoms with Gasteiger partial charge in [-0.05, 0) is 36.8 Å². The van der Waals surface area contributed by atoms with Crippen LogP contribution in [0, 0.1) is 6.92 Å². The van der Waals surface area contributed by atoms with Gasteiger partial charge in [0.05, 0.1) is 5.56 Å². The summed E-state index contributed by atoms with van der Waals surface area (Å²) in [6.45, 7) is 1.48. The molecule has 29 heavy (non-hydrogen) atoms. The number of hydrogen-bond donors (Lipinski definition) is 1. The van der Waals surface area contributed by atoms with Crippen molar-refractivity contribution in [1.82, 2.24) is 5.16 Å². The van der Waals surface area contributed by atoms with Gasteiger partial charge in [-0.3, -0.25) is 9.59 Å². The summed E-state index contributed by atoms with van der Waals surface area (Å²) in [4.78, 5) is 25.1. The lowest BCUT2D eigenvalue weighted by Gasteiger charge is -2.09. The summed E-state index contributed by atoms with van der Waals surface area (Å²) in [5.74, 6) is -0.156. The third-order valence-electron chi connectivity index (χ3n) is 3.97. The molecule has 0 aliphatic heterocycles. The molecule has 1 heterocycles. The molecule has 1 amide bonds. The maximum atomic E-state index is 12.6. The molecule has 0 radical (unpaired) electrons. The number of nitrogens with one attached hydrogen (secondary N) is 1. The lowest BCUT2D eigenvalue weighted by Crippen LogP contribution is -2.16. The van der Waals surface area contributed by atoms with Crippen molar-refractivity contribution in [3.63, 3.8) is 0 Å². The Morgan fingerprint density at radius 3 is 2.34 bits per heavy atom. The largest absolute Gasteiger partial charge is 0.416 e. The maximum absolute atomic E-state index is 12.6. The third kappa shape index (κ3) is 5.05. The van der Waals surface area contributed by atoms with E-state index in [9.17, 15) is 22.8 Å². The Hall–Kier alpha value is -3.07. The van der Waals surface area contributed by atoms with Crippen molar-refractivity contribution in [1.29, 1.82) is 0 Å². The van der Waals surface area contributed by atoms with Crippen LogP contribution in [0.4, 0.5) is 18.9 Å². The molecule has 150 valence electrons. The lowest BCUT2D eigenvalue weighted by atomic mass is 10.1. The number of thioether (sulfide) groups is 1. The first kappa shape index (κ1) is 20.7. The van der Waals surface area contributed by atoms with E-state index in [0.717, 1.165) is 41.6 Å². The fourth-order valence-electron chi connectivity index (χ4n) is 2.51. The molecule has 5 nitrogen and oxygen atoms in total. The van der Waals surface area contributed by atoms with Gasteiger partial charge in [0.25, 0.3) is 5.91 Å².